The Balaban J connectivity index is 3.08. The van der Waals surface area contributed by atoms with E-state index >= 15 is 0 Å². The lowest BCUT2D eigenvalue weighted by Gasteiger charge is -2.08. The Labute approximate surface area is 49.7 Å². The zero-order valence-corrected chi connectivity index (χ0v) is 5.09. The highest BCUT2D eigenvalue weighted by molar-refractivity contribution is 4.72. The maximum Gasteiger partial charge on any atom is 0.1000 e. The highest BCUT2D eigenvalue weighted by atomic mass is 15.4. The van der Waals surface area contributed by atoms with E-state index < -0.39 is 0 Å². The third-order valence-electron chi connectivity index (χ3n) is 0.785. The number of hydrazine groups is 1. The molecule has 0 aromatic rings. The predicted octanol–water partition coefficient (Wildman–Crippen LogP) is 0.0957. The van der Waals surface area contributed by atoms with Crippen LogP contribution in [0, 0.1) is 11.3 Å². The molecule has 0 rings (SSSR count). The largest absolute Gasteiger partial charge is 0.268 e. The average molecular weight is 113 g/mol. The fraction of sp³-hybridized carbons (Fsp3) is 0.800. The minimum Gasteiger partial charge on any atom is -0.268 e. The van der Waals surface area contributed by atoms with Crippen molar-refractivity contribution in [2.75, 3.05) is 13.1 Å². The van der Waals surface area contributed by atoms with Gasteiger partial charge in [-0.3, -0.25) is 5.84 Å². The average Bonchev–Trinajstić information content (AvgIpc) is 1.68. The van der Waals surface area contributed by atoms with E-state index in [0.717, 1.165) is 13.0 Å². The highest BCUT2D eigenvalue weighted by Gasteiger charge is 1.90. The molecule has 8 heavy (non-hydrogen) atoms. The van der Waals surface area contributed by atoms with Gasteiger partial charge in [-0.05, 0) is 6.42 Å². The molecule has 0 aromatic carbocycles. The monoisotopic (exact) mass is 113 g/mol. The van der Waals surface area contributed by atoms with Crippen LogP contribution in [0.1, 0.15) is 13.3 Å². The summed E-state index contributed by atoms with van der Waals surface area (Å²) in [5.41, 5.74) is 0. The molecule has 0 fully saturated rings. The lowest BCUT2D eigenvalue weighted by Crippen LogP contribution is -2.31. The van der Waals surface area contributed by atoms with E-state index in [4.69, 9.17) is 11.1 Å². The van der Waals surface area contributed by atoms with Gasteiger partial charge in [-0.1, -0.05) is 6.92 Å². The van der Waals surface area contributed by atoms with Gasteiger partial charge in [0.1, 0.15) is 0 Å². The van der Waals surface area contributed by atoms with E-state index in [2.05, 4.69) is 0 Å². The summed E-state index contributed by atoms with van der Waals surface area (Å²) in [6, 6.07) is 1.95. The molecule has 0 aliphatic carbocycles. The normalized spacial score (nSPS) is 9.25. The maximum absolute atomic E-state index is 8.09. The lowest BCUT2D eigenvalue weighted by atomic mass is 10.5. The zero-order chi connectivity index (χ0) is 6.41. The van der Waals surface area contributed by atoms with Gasteiger partial charge in [-0.2, -0.15) is 5.26 Å². The van der Waals surface area contributed by atoms with Crippen LogP contribution < -0.4 is 5.84 Å². The van der Waals surface area contributed by atoms with Gasteiger partial charge in [0.05, 0.1) is 12.6 Å². The summed E-state index contributed by atoms with van der Waals surface area (Å²) in [4.78, 5) is 0. The highest BCUT2D eigenvalue weighted by Crippen LogP contribution is 1.78. The number of hydrogen-bond acceptors (Lipinski definition) is 3. The molecule has 3 nitrogen and oxygen atoms in total. The van der Waals surface area contributed by atoms with Gasteiger partial charge in [-0.15, -0.1) is 0 Å². The summed E-state index contributed by atoms with van der Waals surface area (Å²) in [5, 5.41) is 9.59. The van der Waals surface area contributed by atoms with Crippen molar-refractivity contribution in [3.05, 3.63) is 0 Å². The number of nitrogens with two attached hydrogens (primary N) is 1. The van der Waals surface area contributed by atoms with Gasteiger partial charge in [0, 0.05) is 6.54 Å². The summed E-state index contributed by atoms with van der Waals surface area (Å²) < 4.78 is 0. The Bertz CT molecular complexity index is 84.2. The summed E-state index contributed by atoms with van der Waals surface area (Å²) in [6.07, 6.45) is 0.998. The number of rotatable bonds is 3. The second-order valence-electron chi connectivity index (χ2n) is 1.63. The van der Waals surface area contributed by atoms with Gasteiger partial charge < -0.3 is 0 Å². The second-order valence-corrected chi connectivity index (χ2v) is 1.63. The minimum atomic E-state index is 0.327. The molecule has 2 N–H and O–H groups in total. The Morgan fingerprint density at radius 2 is 2.38 bits per heavy atom. The number of nitriles is 1. The SMILES string of the molecule is CCCN(N)CC#N. The topological polar surface area (TPSA) is 53.0 Å². The van der Waals surface area contributed by atoms with E-state index in [1.807, 2.05) is 13.0 Å². The molecule has 3 heteroatoms. The summed E-state index contributed by atoms with van der Waals surface area (Å²) >= 11 is 0. The molecule has 0 heterocycles. The van der Waals surface area contributed by atoms with Crippen molar-refractivity contribution in [3.63, 3.8) is 0 Å². The molecule has 0 aliphatic heterocycles. The van der Waals surface area contributed by atoms with Crippen molar-refractivity contribution < 1.29 is 0 Å². The van der Waals surface area contributed by atoms with Gasteiger partial charge in [0.15, 0.2) is 0 Å². The fourth-order valence-electron chi connectivity index (χ4n) is 0.457. The Kier molecular flexibility index (Phi) is 4.23. The molecular formula is C5H11N3. The van der Waals surface area contributed by atoms with Crippen molar-refractivity contribution in [3.8, 4) is 6.07 Å². The van der Waals surface area contributed by atoms with Gasteiger partial charge >= 0.3 is 0 Å². The molecule has 0 aromatic heterocycles. The van der Waals surface area contributed by atoms with Crippen LogP contribution in [0.2, 0.25) is 0 Å². The van der Waals surface area contributed by atoms with Gasteiger partial charge in [0.25, 0.3) is 0 Å². The first-order chi connectivity index (χ1) is 3.81. The van der Waals surface area contributed by atoms with Crippen LogP contribution >= 0.6 is 0 Å². The van der Waals surface area contributed by atoms with Crippen LogP contribution in [0.15, 0.2) is 0 Å². The molecule has 0 amide bonds. The predicted molar refractivity (Wildman–Crippen MR) is 31.7 cm³/mol. The van der Waals surface area contributed by atoms with Crippen molar-refractivity contribution >= 4 is 0 Å². The summed E-state index contributed by atoms with van der Waals surface area (Å²) in [5.74, 6) is 5.31. The molecule has 0 saturated carbocycles. The summed E-state index contributed by atoms with van der Waals surface area (Å²) in [7, 11) is 0. The first-order valence-corrected chi connectivity index (χ1v) is 2.67. The zero-order valence-electron chi connectivity index (χ0n) is 5.09. The van der Waals surface area contributed by atoms with Crippen LogP contribution in [0.4, 0.5) is 0 Å². The van der Waals surface area contributed by atoms with E-state index in [1.165, 1.54) is 5.01 Å². The maximum atomic E-state index is 8.09. The van der Waals surface area contributed by atoms with Crippen molar-refractivity contribution in [2.24, 2.45) is 5.84 Å². The van der Waals surface area contributed by atoms with Crippen LogP contribution in [-0.4, -0.2) is 18.1 Å². The standard InChI is InChI=1S/C5H11N3/c1-2-4-8(7)5-3-6/h2,4-5,7H2,1H3. The van der Waals surface area contributed by atoms with Crippen molar-refractivity contribution in [1.29, 1.82) is 5.26 Å². The van der Waals surface area contributed by atoms with E-state index in [1.54, 1.807) is 0 Å². The Hall–Kier alpha value is -0.590. The summed E-state index contributed by atoms with van der Waals surface area (Å²) in [6.45, 7) is 3.15. The molecule has 0 unspecified atom stereocenters. The fourth-order valence-corrected chi connectivity index (χ4v) is 0.457. The Morgan fingerprint density at radius 3 is 2.75 bits per heavy atom. The first-order valence-electron chi connectivity index (χ1n) is 2.67. The van der Waals surface area contributed by atoms with E-state index in [9.17, 15) is 0 Å². The quantitative estimate of drug-likeness (QED) is 0.321. The van der Waals surface area contributed by atoms with Gasteiger partial charge in [0.2, 0.25) is 0 Å². The minimum absolute atomic E-state index is 0.327. The molecular weight excluding hydrogens is 102 g/mol. The first kappa shape index (κ1) is 7.41. The van der Waals surface area contributed by atoms with Crippen LogP contribution in [0.3, 0.4) is 0 Å². The van der Waals surface area contributed by atoms with Crippen LogP contribution in [0.25, 0.3) is 0 Å². The van der Waals surface area contributed by atoms with Crippen molar-refractivity contribution in [1.82, 2.24) is 5.01 Å². The number of nitrogens with zero attached hydrogens (tertiary/aromatic N) is 2. The number of hydrogen-bond donors (Lipinski definition) is 1. The molecule has 46 valence electrons. The van der Waals surface area contributed by atoms with Crippen molar-refractivity contribution in [2.45, 2.75) is 13.3 Å². The molecule has 0 atom stereocenters. The lowest BCUT2D eigenvalue weighted by molar-refractivity contribution is 0.319. The van der Waals surface area contributed by atoms with E-state index in [0.29, 0.717) is 6.54 Å². The molecule has 0 bridgehead atoms. The van der Waals surface area contributed by atoms with Gasteiger partial charge in [-0.25, -0.2) is 5.01 Å². The third-order valence-corrected chi connectivity index (χ3v) is 0.785. The molecule has 0 aliphatic rings. The molecule has 0 radical (unpaired) electrons. The smallest absolute Gasteiger partial charge is 0.1000 e. The molecule has 0 saturated heterocycles. The van der Waals surface area contributed by atoms with E-state index in [-0.39, 0.29) is 0 Å². The molecule has 0 spiro atoms. The third kappa shape index (κ3) is 3.59. The second kappa shape index (κ2) is 4.57. The van der Waals surface area contributed by atoms with Crippen LogP contribution in [0.5, 0.6) is 0 Å². The Morgan fingerprint density at radius 1 is 1.75 bits per heavy atom. The van der Waals surface area contributed by atoms with Crippen LogP contribution in [-0.2, 0) is 0 Å².